The molecule has 0 aromatic heterocycles. The Balaban J connectivity index is 0. The molecule has 0 fully saturated rings. The number of unbranched alkanes of at least 4 members (excludes halogenated alkanes) is 3. The zero-order chi connectivity index (χ0) is 14.4. The van der Waals surface area contributed by atoms with Crippen molar-refractivity contribution >= 4 is 8.80 Å². The summed E-state index contributed by atoms with van der Waals surface area (Å²) < 4.78 is 18.3. The molecule has 0 atom stereocenters. The quantitative estimate of drug-likeness (QED) is 0.364. The van der Waals surface area contributed by atoms with E-state index < -0.39 is 8.80 Å². The van der Waals surface area contributed by atoms with Crippen molar-refractivity contribution in [1.82, 2.24) is 6.15 Å². The maximum absolute atomic E-state index is 6.10. The lowest BCUT2D eigenvalue weighted by molar-refractivity contribution is 0.0561. The molecule has 0 aliphatic rings. The Labute approximate surface area is 127 Å². The summed E-state index contributed by atoms with van der Waals surface area (Å²) in [5.41, 5.74) is 0. The average Bonchev–Trinajstić information content (AvgIpc) is 2.40. The van der Waals surface area contributed by atoms with E-state index >= 15 is 0 Å². The third-order valence-corrected chi connectivity index (χ3v) is 6.06. The summed E-state index contributed by atoms with van der Waals surface area (Å²) in [6.07, 6.45) is 7.80. The summed E-state index contributed by atoms with van der Waals surface area (Å²) in [6.45, 7) is 11.1. The molecule has 0 bridgehead atoms. The molecule has 0 saturated carbocycles. The third kappa shape index (κ3) is 10.8. The van der Waals surface area contributed by atoms with Gasteiger partial charge in [-0.2, -0.15) is 0 Å². The van der Waals surface area contributed by atoms with Gasteiger partial charge in [0.2, 0.25) is 0 Å². The van der Waals surface area contributed by atoms with E-state index in [1.807, 2.05) is 0 Å². The summed E-state index contributed by atoms with van der Waals surface area (Å²) in [5, 5.41) is 0. The van der Waals surface area contributed by atoms with E-state index in [-0.39, 0.29) is 6.15 Å². The normalized spacial score (nSPS) is 11.4. The van der Waals surface area contributed by atoms with Crippen molar-refractivity contribution in [2.45, 2.75) is 78.7 Å². The average molecular weight is 308 g/mol. The summed E-state index contributed by atoms with van der Waals surface area (Å²) in [4.78, 5) is 0. The van der Waals surface area contributed by atoms with Crippen molar-refractivity contribution in [2.75, 3.05) is 19.8 Å². The first kappa shape index (κ1) is 22.3. The van der Waals surface area contributed by atoms with Gasteiger partial charge >= 0.3 is 8.80 Å². The predicted octanol–water partition coefficient (Wildman–Crippen LogP) is 4.95. The molecule has 0 heterocycles. The zero-order valence-electron chi connectivity index (χ0n) is 14.2. The SMILES string of the molecule is CCCCO[Si](CCC)(OCCCC)OCCCC.N. The lowest BCUT2D eigenvalue weighted by Crippen LogP contribution is -2.46. The summed E-state index contributed by atoms with van der Waals surface area (Å²) in [5.74, 6) is 0. The van der Waals surface area contributed by atoms with Gasteiger partial charge in [0, 0.05) is 25.9 Å². The minimum atomic E-state index is -2.41. The molecule has 0 amide bonds. The van der Waals surface area contributed by atoms with Crippen LogP contribution in [0.2, 0.25) is 6.04 Å². The van der Waals surface area contributed by atoms with Gasteiger partial charge in [-0.15, -0.1) is 0 Å². The summed E-state index contributed by atoms with van der Waals surface area (Å²) in [7, 11) is -2.41. The third-order valence-electron chi connectivity index (χ3n) is 3.02. The van der Waals surface area contributed by atoms with Gasteiger partial charge in [-0.05, 0) is 19.3 Å². The maximum atomic E-state index is 6.10. The van der Waals surface area contributed by atoms with Gasteiger partial charge in [0.1, 0.15) is 0 Å². The highest BCUT2D eigenvalue weighted by Crippen LogP contribution is 2.20. The molecule has 0 saturated heterocycles. The molecular formula is C15H37NO3Si. The molecule has 0 aliphatic heterocycles. The Morgan fingerprint density at radius 3 is 1.20 bits per heavy atom. The molecule has 0 aromatic rings. The van der Waals surface area contributed by atoms with Gasteiger partial charge in [-0.25, -0.2) is 0 Å². The van der Waals surface area contributed by atoms with Gasteiger partial charge in [0.05, 0.1) is 0 Å². The molecule has 20 heavy (non-hydrogen) atoms. The lowest BCUT2D eigenvalue weighted by Gasteiger charge is -2.29. The predicted molar refractivity (Wildman–Crippen MR) is 88.5 cm³/mol. The lowest BCUT2D eigenvalue weighted by atomic mass is 10.4. The van der Waals surface area contributed by atoms with Crippen molar-refractivity contribution < 1.29 is 13.3 Å². The van der Waals surface area contributed by atoms with Gasteiger partial charge in [-0.3, -0.25) is 0 Å². The molecule has 4 nitrogen and oxygen atoms in total. The first-order valence-electron chi connectivity index (χ1n) is 8.16. The van der Waals surface area contributed by atoms with Crippen LogP contribution in [0.1, 0.15) is 72.6 Å². The van der Waals surface area contributed by atoms with Gasteiger partial charge < -0.3 is 19.4 Å². The van der Waals surface area contributed by atoms with Crippen LogP contribution in [0, 0.1) is 0 Å². The van der Waals surface area contributed by atoms with Crippen molar-refractivity contribution in [3.8, 4) is 0 Å². The van der Waals surface area contributed by atoms with E-state index in [4.69, 9.17) is 13.3 Å². The summed E-state index contributed by atoms with van der Waals surface area (Å²) >= 11 is 0. The van der Waals surface area contributed by atoms with Gasteiger partial charge in [0.25, 0.3) is 0 Å². The van der Waals surface area contributed by atoms with Crippen LogP contribution in [0.5, 0.6) is 0 Å². The van der Waals surface area contributed by atoms with Crippen LogP contribution in [0.3, 0.4) is 0 Å². The largest absolute Gasteiger partial charge is 0.500 e. The van der Waals surface area contributed by atoms with Crippen molar-refractivity contribution in [3.63, 3.8) is 0 Å². The molecule has 3 N–H and O–H groups in total. The van der Waals surface area contributed by atoms with E-state index in [9.17, 15) is 0 Å². The Kier molecular flexibility index (Phi) is 17.3. The van der Waals surface area contributed by atoms with Crippen LogP contribution in [0.15, 0.2) is 0 Å². The van der Waals surface area contributed by atoms with Crippen molar-refractivity contribution in [3.05, 3.63) is 0 Å². The molecule has 5 heteroatoms. The van der Waals surface area contributed by atoms with Crippen LogP contribution in [-0.4, -0.2) is 28.6 Å². The molecule has 0 aromatic carbocycles. The molecule has 0 unspecified atom stereocenters. The van der Waals surface area contributed by atoms with E-state index in [0.29, 0.717) is 0 Å². The second kappa shape index (κ2) is 15.4. The molecule has 0 aliphatic carbocycles. The van der Waals surface area contributed by atoms with Gasteiger partial charge in [-0.1, -0.05) is 53.4 Å². The van der Waals surface area contributed by atoms with Crippen LogP contribution in [-0.2, 0) is 13.3 Å². The Morgan fingerprint density at radius 2 is 0.950 bits per heavy atom. The minimum absolute atomic E-state index is 0. The molecule has 0 spiro atoms. The first-order valence-corrected chi connectivity index (χ1v) is 10.1. The Bertz CT molecular complexity index is 167. The van der Waals surface area contributed by atoms with Crippen LogP contribution in [0.4, 0.5) is 0 Å². The Morgan fingerprint density at radius 1 is 0.600 bits per heavy atom. The Hall–Kier alpha value is 0.0569. The first-order chi connectivity index (χ1) is 9.24. The summed E-state index contributed by atoms with van der Waals surface area (Å²) in [6, 6.07) is 0.949. The van der Waals surface area contributed by atoms with Crippen LogP contribution in [0.25, 0.3) is 0 Å². The second-order valence-electron chi connectivity index (χ2n) is 5.04. The van der Waals surface area contributed by atoms with E-state index in [1.54, 1.807) is 0 Å². The fourth-order valence-electron chi connectivity index (χ4n) is 1.76. The number of hydrogen-bond donors (Lipinski definition) is 1. The minimum Gasteiger partial charge on any atom is -0.373 e. The second-order valence-corrected chi connectivity index (χ2v) is 7.77. The monoisotopic (exact) mass is 307 g/mol. The fourth-order valence-corrected chi connectivity index (χ4v) is 4.43. The fraction of sp³-hybridized carbons (Fsp3) is 1.00. The van der Waals surface area contributed by atoms with Crippen LogP contribution < -0.4 is 6.15 Å². The number of hydrogen-bond acceptors (Lipinski definition) is 4. The van der Waals surface area contributed by atoms with Crippen molar-refractivity contribution in [1.29, 1.82) is 0 Å². The maximum Gasteiger partial charge on any atom is 0.500 e. The molecule has 0 rings (SSSR count). The van der Waals surface area contributed by atoms with E-state index in [2.05, 4.69) is 27.7 Å². The number of rotatable bonds is 14. The highest BCUT2D eigenvalue weighted by atomic mass is 28.4. The topological polar surface area (TPSA) is 62.7 Å². The zero-order valence-corrected chi connectivity index (χ0v) is 15.2. The van der Waals surface area contributed by atoms with Gasteiger partial charge in [0.15, 0.2) is 0 Å². The molecule has 0 radical (unpaired) electrons. The highest BCUT2D eigenvalue weighted by molar-refractivity contribution is 6.60. The smallest absolute Gasteiger partial charge is 0.373 e. The molecule has 124 valence electrons. The van der Waals surface area contributed by atoms with Crippen molar-refractivity contribution in [2.24, 2.45) is 0 Å². The van der Waals surface area contributed by atoms with E-state index in [1.165, 1.54) is 0 Å². The van der Waals surface area contributed by atoms with E-state index in [0.717, 1.165) is 70.8 Å². The molecular weight excluding hydrogens is 270 g/mol. The standard InChI is InChI=1S/C15H34O3Si.H3N/c1-5-9-12-16-19(15-8-4,17-13-10-6-2)18-14-11-7-3;/h5-15H2,1-4H3;1H3. The van der Waals surface area contributed by atoms with Crippen LogP contribution >= 0.6 is 0 Å². The highest BCUT2D eigenvalue weighted by Gasteiger charge is 2.39.